The number of carbonyl (C=O) groups is 1. The third-order valence-corrected chi connectivity index (χ3v) is 5.93. The van der Waals surface area contributed by atoms with Gasteiger partial charge in [-0.1, -0.05) is 13.3 Å². The van der Waals surface area contributed by atoms with Crippen LogP contribution in [0.25, 0.3) is 10.9 Å². The molecule has 0 amide bonds. The van der Waals surface area contributed by atoms with Gasteiger partial charge < -0.3 is 18.9 Å². The highest BCUT2D eigenvalue weighted by atomic mass is 19.1. The molecule has 0 saturated carbocycles. The summed E-state index contributed by atoms with van der Waals surface area (Å²) in [6, 6.07) is 4.55. The van der Waals surface area contributed by atoms with Gasteiger partial charge in [0.15, 0.2) is 0 Å². The molecule has 1 aromatic heterocycles. The largest absolute Gasteiger partial charge is 0.478 e. The lowest BCUT2D eigenvalue weighted by Crippen LogP contribution is -2.36. The number of hydrogen-bond acceptors (Lipinski definition) is 4. The van der Waals surface area contributed by atoms with E-state index in [1.807, 2.05) is 4.57 Å². The fourth-order valence-electron chi connectivity index (χ4n) is 4.29. The van der Waals surface area contributed by atoms with Gasteiger partial charge in [-0.3, -0.25) is 0 Å². The molecule has 152 valence electrons. The molecule has 5 nitrogen and oxygen atoms in total. The zero-order valence-corrected chi connectivity index (χ0v) is 16.6. The number of unbranched alkanes of at least 4 members (excludes halogenated alkanes) is 1. The van der Waals surface area contributed by atoms with Crippen LogP contribution in [-0.2, 0) is 11.3 Å². The van der Waals surface area contributed by atoms with E-state index in [0.29, 0.717) is 36.0 Å². The SMILES string of the molecule is CCCCN1CCC(COC(=O)c2c3n(c4ccc(F)cc24)CCCO3)CC1. The molecule has 1 saturated heterocycles. The van der Waals surface area contributed by atoms with Crippen LogP contribution >= 0.6 is 0 Å². The Morgan fingerprint density at radius 3 is 2.89 bits per heavy atom. The highest BCUT2D eigenvalue weighted by molar-refractivity contribution is 6.07. The Morgan fingerprint density at radius 1 is 1.29 bits per heavy atom. The number of fused-ring (bicyclic) bond motifs is 3. The van der Waals surface area contributed by atoms with Crippen molar-refractivity contribution in [1.29, 1.82) is 0 Å². The molecule has 4 rings (SSSR count). The van der Waals surface area contributed by atoms with Crippen LogP contribution < -0.4 is 4.74 Å². The molecule has 0 unspecified atom stereocenters. The molecule has 0 N–H and O–H groups in total. The first-order valence-electron chi connectivity index (χ1n) is 10.5. The summed E-state index contributed by atoms with van der Waals surface area (Å²) in [5.74, 6) is 0.152. The molecule has 1 fully saturated rings. The minimum Gasteiger partial charge on any atom is -0.478 e. The number of piperidine rings is 1. The normalized spacial score (nSPS) is 18.1. The maximum absolute atomic E-state index is 13.8. The number of halogens is 1. The molecule has 0 bridgehead atoms. The number of ether oxygens (including phenoxy) is 2. The van der Waals surface area contributed by atoms with E-state index >= 15 is 0 Å². The molecule has 6 heteroatoms. The van der Waals surface area contributed by atoms with E-state index < -0.39 is 5.97 Å². The summed E-state index contributed by atoms with van der Waals surface area (Å²) in [7, 11) is 0. The number of aromatic nitrogens is 1. The second-order valence-electron chi connectivity index (χ2n) is 7.93. The standard InChI is InChI=1S/C22H29FN2O3/c1-2-3-9-24-11-7-16(8-12-24)15-28-22(26)20-18-14-17(23)5-6-19(18)25-10-4-13-27-21(20)25/h5-6,14,16H,2-4,7-13,15H2,1H3. The van der Waals surface area contributed by atoms with Crippen LogP contribution in [0.15, 0.2) is 18.2 Å². The van der Waals surface area contributed by atoms with E-state index in [9.17, 15) is 9.18 Å². The maximum atomic E-state index is 13.8. The number of rotatable bonds is 6. The number of hydrogen-bond donors (Lipinski definition) is 0. The number of carbonyl (C=O) groups excluding carboxylic acids is 1. The first-order chi connectivity index (χ1) is 13.7. The van der Waals surface area contributed by atoms with Crippen molar-refractivity contribution < 1.29 is 18.7 Å². The number of nitrogens with zero attached hydrogens (tertiary/aromatic N) is 2. The van der Waals surface area contributed by atoms with Crippen LogP contribution in [0.1, 0.15) is 49.4 Å². The van der Waals surface area contributed by atoms with Crippen molar-refractivity contribution in [3.8, 4) is 5.88 Å². The van der Waals surface area contributed by atoms with Crippen molar-refractivity contribution in [3.05, 3.63) is 29.6 Å². The van der Waals surface area contributed by atoms with Crippen molar-refractivity contribution in [2.75, 3.05) is 32.8 Å². The lowest BCUT2D eigenvalue weighted by Gasteiger charge is -2.31. The number of likely N-dealkylation sites (tertiary alicyclic amines) is 1. The first-order valence-corrected chi connectivity index (χ1v) is 10.5. The van der Waals surface area contributed by atoms with Crippen LogP contribution in [-0.4, -0.2) is 48.3 Å². The number of aryl methyl sites for hydroxylation is 1. The minimum atomic E-state index is -0.403. The molecule has 2 aliphatic rings. The predicted molar refractivity (Wildman–Crippen MR) is 106 cm³/mol. The van der Waals surface area contributed by atoms with Gasteiger partial charge in [0.1, 0.15) is 11.4 Å². The van der Waals surface area contributed by atoms with E-state index in [0.717, 1.165) is 51.0 Å². The average molecular weight is 388 g/mol. The summed E-state index contributed by atoms with van der Waals surface area (Å²) in [6.45, 7) is 7.27. The number of benzene rings is 1. The van der Waals surface area contributed by atoms with E-state index in [1.165, 1.54) is 25.0 Å². The topological polar surface area (TPSA) is 43.7 Å². The summed E-state index contributed by atoms with van der Waals surface area (Å²) >= 11 is 0. The Kier molecular flexibility index (Phi) is 5.85. The second-order valence-corrected chi connectivity index (χ2v) is 7.93. The van der Waals surface area contributed by atoms with Crippen molar-refractivity contribution in [1.82, 2.24) is 9.47 Å². The van der Waals surface area contributed by atoms with Crippen LogP contribution in [0.3, 0.4) is 0 Å². The first kappa shape index (κ1) is 19.2. The summed E-state index contributed by atoms with van der Waals surface area (Å²) < 4.78 is 27.3. The lowest BCUT2D eigenvalue weighted by atomic mass is 9.97. The Balaban J connectivity index is 1.44. The van der Waals surface area contributed by atoms with E-state index in [4.69, 9.17) is 9.47 Å². The monoisotopic (exact) mass is 388 g/mol. The summed E-state index contributed by atoms with van der Waals surface area (Å²) in [5, 5.41) is 0.580. The van der Waals surface area contributed by atoms with Gasteiger partial charge in [0, 0.05) is 11.9 Å². The van der Waals surface area contributed by atoms with Gasteiger partial charge in [-0.05, 0) is 69.4 Å². The summed E-state index contributed by atoms with van der Waals surface area (Å²) in [4.78, 5) is 15.4. The van der Waals surface area contributed by atoms with Gasteiger partial charge >= 0.3 is 5.97 Å². The summed E-state index contributed by atoms with van der Waals surface area (Å²) in [5.41, 5.74) is 1.20. The molecule has 0 aliphatic carbocycles. The Labute approximate surface area is 165 Å². The Hall–Kier alpha value is -2.08. The van der Waals surface area contributed by atoms with Crippen LogP contribution in [0.5, 0.6) is 5.88 Å². The molecule has 1 aromatic carbocycles. The molecular formula is C22H29FN2O3. The lowest BCUT2D eigenvalue weighted by molar-refractivity contribution is 0.0368. The van der Waals surface area contributed by atoms with Crippen LogP contribution in [0, 0.1) is 11.7 Å². The fourth-order valence-corrected chi connectivity index (χ4v) is 4.29. The quantitative estimate of drug-likeness (QED) is 0.695. The van der Waals surface area contributed by atoms with Crippen molar-refractivity contribution in [2.24, 2.45) is 5.92 Å². The maximum Gasteiger partial charge on any atom is 0.344 e. The highest BCUT2D eigenvalue weighted by Gasteiger charge is 2.28. The highest BCUT2D eigenvalue weighted by Crippen LogP contribution is 2.35. The molecule has 0 spiro atoms. The zero-order chi connectivity index (χ0) is 19.5. The molecule has 2 aliphatic heterocycles. The molecule has 0 radical (unpaired) electrons. The predicted octanol–water partition coefficient (Wildman–Crippen LogP) is 4.23. The van der Waals surface area contributed by atoms with Gasteiger partial charge in [-0.25, -0.2) is 9.18 Å². The Bertz CT molecular complexity index is 840. The minimum absolute atomic E-state index is 0.357. The average Bonchev–Trinajstić information content (AvgIpc) is 3.04. The molecule has 0 atom stereocenters. The molecule has 28 heavy (non-hydrogen) atoms. The van der Waals surface area contributed by atoms with Crippen molar-refractivity contribution in [2.45, 2.75) is 45.6 Å². The molecule has 3 heterocycles. The van der Waals surface area contributed by atoms with Crippen molar-refractivity contribution in [3.63, 3.8) is 0 Å². The third-order valence-electron chi connectivity index (χ3n) is 5.93. The third kappa shape index (κ3) is 3.88. The van der Waals surface area contributed by atoms with E-state index in [-0.39, 0.29) is 5.82 Å². The van der Waals surface area contributed by atoms with Gasteiger partial charge in [0.25, 0.3) is 0 Å². The Morgan fingerprint density at radius 2 is 2.11 bits per heavy atom. The van der Waals surface area contributed by atoms with E-state index in [1.54, 1.807) is 6.07 Å². The number of esters is 1. The molecular weight excluding hydrogens is 359 g/mol. The van der Waals surface area contributed by atoms with Gasteiger partial charge in [-0.2, -0.15) is 0 Å². The van der Waals surface area contributed by atoms with Crippen molar-refractivity contribution >= 4 is 16.9 Å². The van der Waals surface area contributed by atoms with Gasteiger partial charge in [-0.15, -0.1) is 0 Å². The molecule has 2 aromatic rings. The smallest absolute Gasteiger partial charge is 0.344 e. The summed E-state index contributed by atoms with van der Waals surface area (Å²) in [6.07, 6.45) is 5.44. The van der Waals surface area contributed by atoms with Gasteiger partial charge in [0.05, 0.1) is 18.7 Å². The zero-order valence-electron chi connectivity index (χ0n) is 16.6. The fraction of sp³-hybridized carbons (Fsp3) is 0.591. The van der Waals surface area contributed by atoms with Gasteiger partial charge in [0.2, 0.25) is 5.88 Å². The van der Waals surface area contributed by atoms with E-state index in [2.05, 4.69) is 11.8 Å². The second kappa shape index (κ2) is 8.52. The van der Waals surface area contributed by atoms with Crippen LogP contribution in [0.2, 0.25) is 0 Å². The van der Waals surface area contributed by atoms with Crippen LogP contribution in [0.4, 0.5) is 4.39 Å².